The number of hydrogen-bond donors (Lipinski definition) is 2. The maximum Gasteiger partial charge on any atom is 0.255 e. The fourth-order valence-electron chi connectivity index (χ4n) is 2.27. The predicted octanol–water partition coefficient (Wildman–Crippen LogP) is 2.89. The van der Waals surface area contributed by atoms with E-state index in [4.69, 9.17) is 11.6 Å². The number of benzene rings is 1. The molecule has 0 aliphatic rings. The van der Waals surface area contributed by atoms with Crippen LogP contribution in [0.15, 0.2) is 29.1 Å². The summed E-state index contributed by atoms with van der Waals surface area (Å²) in [4.78, 5) is 19.1. The van der Waals surface area contributed by atoms with Crippen LogP contribution in [0.25, 0.3) is 0 Å². The fourth-order valence-corrected chi connectivity index (χ4v) is 2.48. The summed E-state index contributed by atoms with van der Waals surface area (Å²) in [5.74, 6) is 0.637. The predicted molar refractivity (Wildman–Crippen MR) is 81.0 cm³/mol. The van der Waals surface area contributed by atoms with Crippen molar-refractivity contribution in [3.8, 4) is 0 Å². The average molecular weight is 292 g/mol. The lowest BCUT2D eigenvalue weighted by Gasteiger charge is -2.15. The van der Waals surface area contributed by atoms with Crippen molar-refractivity contribution in [2.24, 2.45) is 0 Å². The Labute approximate surface area is 123 Å². The van der Waals surface area contributed by atoms with Crippen molar-refractivity contribution in [1.29, 1.82) is 0 Å². The van der Waals surface area contributed by atoms with Gasteiger partial charge in [-0.2, -0.15) is 0 Å². The number of aromatic amines is 1. The quantitative estimate of drug-likeness (QED) is 0.911. The van der Waals surface area contributed by atoms with Crippen LogP contribution >= 0.6 is 11.6 Å². The summed E-state index contributed by atoms with van der Waals surface area (Å²) in [6.07, 6.45) is 0. The van der Waals surface area contributed by atoms with Crippen molar-refractivity contribution in [3.05, 3.63) is 62.3 Å². The molecule has 1 atom stereocenters. The van der Waals surface area contributed by atoms with E-state index in [-0.39, 0.29) is 11.6 Å². The molecular formula is C15H18ClN3O. The van der Waals surface area contributed by atoms with Crippen molar-refractivity contribution in [3.63, 3.8) is 0 Å². The highest BCUT2D eigenvalue weighted by Gasteiger charge is 2.14. The average Bonchev–Trinajstić information content (AvgIpc) is 2.35. The monoisotopic (exact) mass is 291 g/mol. The Kier molecular flexibility index (Phi) is 4.57. The van der Waals surface area contributed by atoms with E-state index >= 15 is 0 Å². The van der Waals surface area contributed by atoms with Gasteiger partial charge in [0.15, 0.2) is 0 Å². The van der Waals surface area contributed by atoms with E-state index in [0.29, 0.717) is 23.0 Å². The lowest BCUT2D eigenvalue weighted by molar-refractivity contribution is 0.562. The van der Waals surface area contributed by atoms with Crippen LogP contribution in [0.1, 0.15) is 35.6 Å². The number of aryl methyl sites for hydroxylation is 2. The van der Waals surface area contributed by atoms with Crippen LogP contribution in [-0.2, 0) is 6.54 Å². The molecule has 0 radical (unpaired) electrons. The zero-order valence-electron chi connectivity index (χ0n) is 11.8. The molecule has 1 aromatic carbocycles. The molecule has 1 heterocycles. The van der Waals surface area contributed by atoms with Gasteiger partial charge in [0, 0.05) is 23.3 Å². The number of nitrogens with one attached hydrogen (secondary N) is 2. The van der Waals surface area contributed by atoms with E-state index in [1.165, 1.54) is 0 Å². The number of hydrogen-bond acceptors (Lipinski definition) is 3. The minimum atomic E-state index is -0.0823. The van der Waals surface area contributed by atoms with Gasteiger partial charge in [0.1, 0.15) is 5.82 Å². The van der Waals surface area contributed by atoms with Crippen molar-refractivity contribution in [1.82, 2.24) is 15.3 Å². The van der Waals surface area contributed by atoms with Crippen LogP contribution in [0.2, 0.25) is 5.02 Å². The van der Waals surface area contributed by atoms with Crippen molar-refractivity contribution < 1.29 is 0 Å². The van der Waals surface area contributed by atoms with E-state index in [1.54, 1.807) is 6.92 Å². The van der Waals surface area contributed by atoms with Crippen LogP contribution in [0.5, 0.6) is 0 Å². The SMILES string of the molecule is Cc1nc(C)c(C(C)NCc2cccc(Cl)c2)c(=O)[nH]1. The van der Waals surface area contributed by atoms with Gasteiger partial charge in [-0.3, -0.25) is 4.79 Å². The lowest BCUT2D eigenvalue weighted by Crippen LogP contribution is -2.27. The smallest absolute Gasteiger partial charge is 0.255 e. The van der Waals surface area contributed by atoms with E-state index in [0.717, 1.165) is 11.3 Å². The van der Waals surface area contributed by atoms with Crippen LogP contribution in [0.3, 0.4) is 0 Å². The second kappa shape index (κ2) is 6.20. The molecule has 1 aromatic heterocycles. The molecule has 2 N–H and O–H groups in total. The Balaban J connectivity index is 2.13. The second-order valence-electron chi connectivity index (χ2n) is 4.88. The molecule has 5 heteroatoms. The molecule has 0 bridgehead atoms. The summed E-state index contributed by atoms with van der Waals surface area (Å²) in [5, 5.41) is 4.04. The number of nitrogens with zero attached hydrogens (tertiary/aromatic N) is 1. The number of halogens is 1. The third kappa shape index (κ3) is 3.46. The summed E-state index contributed by atoms with van der Waals surface area (Å²) in [7, 11) is 0. The third-order valence-electron chi connectivity index (χ3n) is 3.20. The van der Waals surface area contributed by atoms with Gasteiger partial charge < -0.3 is 10.3 Å². The first-order chi connectivity index (χ1) is 9.47. The highest BCUT2D eigenvalue weighted by Crippen LogP contribution is 2.14. The zero-order valence-corrected chi connectivity index (χ0v) is 12.6. The van der Waals surface area contributed by atoms with E-state index in [2.05, 4.69) is 15.3 Å². The van der Waals surface area contributed by atoms with Crippen LogP contribution in [0, 0.1) is 13.8 Å². The molecule has 2 rings (SSSR count). The molecule has 2 aromatic rings. The Morgan fingerprint density at radius 3 is 2.80 bits per heavy atom. The van der Waals surface area contributed by atoms with E-state index in [1.807, 2.05) is 38.1 Å². The minimum absolute atomic E-state index is 0.0779. The molecule has 0 aliphatic carbocycles. The first kappa shape index (κ1) is 14.8. The molecule has 0 spiro atoms. The summed E-state index contributed by atoms with van der Waals surface area (Å²) >= 11 is 5.95. The normalized spacial score (nSPS) is 12.4. The molecule has 4 nitrogen and oxygen atoms in total. The highest BCUT2D eigenvalue weighted by molar-refractivity contribution is 6.30. The molecule has 0 saturated carbocycles. The van der Waals surface area contributed by atoms with Crippen molar-refractivity contribution >= 4 is 11.6 Å². The number of rotatable bonds is 4. The number of aromatic nitrogens is 2. The first-order valence-electron chi connectivity index (χ1n) is 6.52. The van der Waals surface area contributed by atoms with Crippen molar-refractivity contribution in [2.75, 3.05) is 0 Å². The second-order valence-corrected chi connectivity index (χ2v) is 5.32. The van der Waals surface area contributed by atoms with Gasteiger partial charge >= 0.3 is 0 Å². The highest BCUT2D eigenvalue weighted by atomic mass is 35.5. The molecule has 1 unspecified atom stereocenters. The molecule has 0 fully saturated rings. The maximum atomic E-state index is 12.0. The Hall–Kier alpha value is -1.65. The number of H-pyrrole nitrogens is 1. The molecule has 0 amide bonds. The molecule has 106 valence electrons. The Morgan fingerprint density at radius 1 is 1.40 bits per heavy atom. The van der Waals surface area contributed by atoms with Gasteiger partial charge in [-0.15, -0.1) is 0 Å². The van der Waals surface area contributed by atoms with Gasteiger partial charge in [0.2, 0.25) is 0 Å². The van der Waals surface area contributed by atoms with Gasteiger partial charge in [-0.25, -0.2) is 4.98 Å². The lowest BCUT2D eigenvalue weighted by atomic mass is 10.1. The Bertz CT molecular complexity index is 666. The topological polar surface area (TPSA) is 57.8 Å². The van der Waals surface area contributed by atoms with Gasteiger partial charge in [0.05, 0.1) is 5.56 Å². The minimum Gasteiger partial charge on any atom is -0.310 e. The van der Waals surface area contributed by atoms with Gasteiger partial charge in [-0.1, -0.05) is 23.7 Å². The van der Waals surface area contributed by atoms with Gasteiger partial charge in [0.25, 0.3) is 5.56 Å². The largest absolute Gasteiger partial charge is 0.310 e. The van der Waals surface area contributed by atoms with Gasteiger partial charge in [-0.05, 0) is 38.5 Å². The molecule has 0 saturated heterocycles. The van der Waals surface area contributed by atoms with Crippen LogP contribution < -0.4 is 10.9 Å². The van der Waals surface area contributed by atoms with E-state index in [9.17, 15) is 4.79 Å². The standard InChI is InChI=1S/C15H18ClN3O/c1-9(14-10(2)18-11(3)19-15(14)20)17-8-12-5-4-6-13(16)7-12/h4-7,9,17H,8H2,1-3H3,(H,18,19,20). The first-order valence-corrected chi connectivity index (χ1v) is 6.90. The van der Waals surface area contributed by atoms with Crippen molar-refractivity contribution in [2.45, 2.75) is 33.4 Å². The van der Waals surface area contributed by atoms with E-state index < -0.39 is 0 Å². The summed E-state index contributed by atoms with van der Waals surface area (Å²) in [5.41, 5.74) is 2.44. The molecular weight excluding hydrogens is 274 g/mol. The Morgan fingerprint density at radius 2 is 2.15 bits per heavy atom. The third-order valence-corrected chi connectivity index (χ3v) is 3.43. The summed E-state index contributed by atoms with van der Waals surface area (Å²) < 4.78 is 0. The molecule has 0 aliphatic heterocycles. The van der Waals surface area contributed by atoms with Crippen LogP contribution in [-0.4, -0.2) is 9.97 Å². The van der Waals surface area contributed by atoms with Crippen LogP contribution in [0.4, 0.5) is 0 Å². The fraction of sp³-hybridized carbons (Fsp3) is 0.333. The zero-order chi connectivity index (χ0) is 14.7. The maximum absolute atomic E-state index is 12.0. The summed E-state index contributed by atoms with van der Waals surface area (Å²) in [6.45, 7) is 6.24. The molecule has 20 heavy (non-hydrogen) atoms. The summed E-state index contributed by atoms with van der Waals surface area (Å²) in [6, 6.07) is 7.58.